The van der Waals surface area contributed by atoms with Gasteiger partial charge in [0, 0.05) is 31.1 Å². The van der Waals surface area contributed by atoms with Gasteiger partial charge in [0.05, 0.1) is 30.5 Å². The summed E-state index contributed by atoms with van der Waals surface area (Å²) < 4.78 is 27.2. The lowest BCUT2D eigenvalue weighted by Crippen LogP contribution is -2.39. The maximum Gasteiger partial charge on any atom is 0.255 e. The van der Waals surface area contributed by atoms with E-state index in [4.69, 9.17) is 9.47 Å². The Morgan fingerprint density at radius 3 is 2.45 bits per heavy atom. The quantitative estimate of drug-likeness (QED) is 0.680. The van der Waals surface area contributed by atoms with Gasteiger partial charge in [0.2, 0.25) is 0 Å². The number of amides is 1. The number of nitrogens with one attached hydrogen (secondary N) is 1. The number of alkyl halides is 1. The van der Waals surface area contributed by atoms with Crippen molar-refractivity contribution in [1.29, 1.82) is 0 Å². The maximum atomic E-state index is 13.9. The van der Waals surface area contributed by atoms with Crippen molar-refractivity contribution >= 4 is 5.91 Å². The summed E-state index contributed by atoms with van der Waals surface area (Å²) in [6.45, 7) is 12.9. The Bertz CT molecular complexity index is 754. The molecule has 1 aliphatic rings. The Balaban J connectivity index is 1.92. The van der Waals surface area contributed by atoms with Crippen LogP contribution in [0.2, 0.25) is 0 Å². The predicted octanol–water partition coefficient (Wildman–Crippen LogP) is 2.86. The molecule has 1 aromatic heterocycles. The molecule has 1 aliphatic heterocycles. The third-order valence-corrected chi connectivity index (χ3v) is 5.15. The fraction of sp³-hybridized carbons (Fsp3) is 0.727. The van der Waals surface area contributed by atoms with Gasteiger partial charge in [-0.3, -0.25) is 9.59 Å². The molecule has 1 aromatic rings. The number of carbonyl (C=O) groups is 1. The monoisotopic (exact) mass is 410 g/mol. The maximum absolute atomic E-state index is 13.9. The van der Waals surface area contributed by atoms with E-state index in [9.17, 15) is 14.0 Å². The highest BCUT2D eigenvalue weighted by Crippen LogP contribution is 2.26. The van der Waals surface area contributed by atoms with E-state index in [1.165, 1.54) is 0 Å². The minimum atomic E-state index is -1.47. The average Bonchev–Trinajstić information content (AvgIpc) is 2.87. The molecule has 29 heavy (non-hydrogen) atoms. The first-order valence-corrected chi connectivity index (χ1v) is 10.3. The molecule has 6 nitrogen and oxygen atoms in total. The van der Waals surface area contributed by atoms with Crippen molar-refractivity contribution in [3.63, 3.8) is 0 Å². The molecule has 1 amide bonds. The summed E-state index contributed by atoms with van der Waals surface area (Å²) in [5.74, 6) is -0.917. The second-order valence-electron chi connectivity index (χ2n) is 9.36. The Hall–Kier alpha value is -1.73. The molecular formula is C22H35FN2O4. The number of pyridine rings is 1. The van der Waals surface area contributed by atoms with E-state index in [-0.39, 0.29) is 29.7 Å². The van der Waals surface area contributed by atoms with Crippen LogP contribution in [0.5, 0.6) is 0 Å². The molecule has 0 bridgehead atoms. The SMILES string of the molecule is CC[C@@H]1[C@H](F)C(=O)N[C@@H]1COC(C)(C)Cc1ccn(CCOC(C)(C)C)c(=O)c1. The van der Waals surface area contributed by atoms with Crippen molar-refractivity contribution in [2.75, 3.05) is 13.2 Å². The summed E-state index contributed by atoms with van der Waals surface area (Å²) in [6, 6.07) is 3.21. The molecule has 0 unspecified atom stereocenters. The molecule has 1 fully saturated rings. The molecule has 0 aromatic carbocycles. The van der Waals surface area contributed by atoms with E-state index >= 15 is 0 Å². The molecule has 7 heteroatoms. The van der Waals surface area contributed by atoms with Crippen LogP contribution in [0.4, 0.5) is 4.39 Å². The fourth-order valence-corrected chi connectivity index (χ4v) is 3.58. The van der Waals surface area contributed by atoms with Crippen LogP contribution in [-0.2, 0) is 27.2 Å². The summed E-state index contributed by atoms with van der Waals surface area (Å²) in [4.78, 5) is 24.0. The van der Waals surface area contributed by atoms with Crippen LogP contribution >= 0.6 is 0 Å². The van der Waals surface area contributed by atoms with Crippen molar-refractivity contribution < 1.29 is 18.7 Å². The number of rotatable bonds is 9. The largest absolute Gasteiger partial charge is 0.374 e. The number of halogens is 1. The highest BCUT2D eigenvalue weighted by atomic mass is 19.1. The summed E-state index contributed by atoms with van der Waals surface area (Å²) in [5.41, 5.74) is 0.0117. The Kier molecular flexibility index (Phi) is 7.62. The van der Waals surface area contributed by atoms with Gasteiger partial charge in [-0.1, -0.05) is 6.92 Å². The number of hydrogen-bond donors (Lipinski definition) is 1. The van der Waals surface area contributed by atoms with Gasteiger partial charge in [-0.25, -0.2) is 4.39 Å². The van der Waals surface area contributed by atoms with Gasteiger partial charge in [-0.2, -0.15) is 0 Å². The molecular weight excluding hydrogens is 375 g/mol. The van der Waals surface area contributed by atoms with Gasteiger partial charge >= 0.3 is 0 Å². The third kappa shape index (κ3) is 6.93. The number of aromatic nitrogens is 1. The molecule has 0 aliphatic carbocycles. The predicted molar refractivity (Wildman–Crippen MR) is 111 cm³/mol. The van der Waals surface area contributed by atoms with Crippen LogP contribution in [0, 0.1) is 5.92 Å². The van der Waals surface area contributed by atoms with Gasteiger partial charge < -0.3 is 19.4 Å². The van der Waals surface area contributed by atoms with E-state index < -0.39 is 17.7 Å². The second-order valence-corrected chi connectivity index (χ2v) is 9.36. The van der Waals surface area contributed by atoms with Crippen LogP contribution in [0.1, 0.15) is 53.5 Å². The lowest BCUT2D eigenvalue weighted by Gasteiger charge is -2.29. The second kappa shape index (κ2) is 9.39. The van der Waals surface area contributed by atoms with E-state index in [1.54, 1.807) is 16.8 Å². The van der Waals surface area contributed by atoms with Gasteiger partial charge in [0.15, 0.2) is 6.17 Å². The number of hydrogen-bond acceptors (Lipinski definition) is 4. The van der Waals surface area contributed by atoms with Crippen LogP contribution in [-0.4, -0.2) is 47.1 Å². The highest BCUT2D eigenvalue weighted by molar-refractivity contribution is 5.83. The first-order valence-electron chi connectivity index (χ1n) is 10.3. The molecule has 164 valence electrons. The molecule has 1 N–H and O–H groups in total. The summed E-state index contributed by atoms with van der Waals surface area (Å²) in [6.07, 6.45) is 1.42. The molecule has 3 atom stereocenters. The van der Waals surface area contributed by atoms with Gasteiger partial charge in [0.1, 0.15) is 0 Å². The Morgan fingerprint density at radius 2 is 1.86 bits per heavy atom. The molecule has 0 radical (unpaired) electrons. The first-order chi connectivity index (χ1) is 13.4. The Morgan fingerprint density at radius 1 is 1.17 bits per heavy atom. The van der Waals surface area contributed by atoms with Crippen LogP contribution in [0.15, 0.2) is 23.1 Å². The van der Waals surface area contributed by atoms with Crippen LogP contribution in [0.25, 0.3) is 0 Å². The third-order valence-electron chi connectivity index (χ3n) is 5.15. The van der Waals surface area contributed by atoms with Crippen molar-refractivity contribution in [3.8, 4) is 0 Å². The molecule has 0 spiro atoms. The minimum absolute atomic E-state index is 0.0785. The molecule has 0 saturated carbocycles. The normalized spacial score (nSPS) is 22.7. The number of ether oxygens (including phenoxy) is 2. The fourth-order valence-electron chi connectivity index (χ4n) is 3.58. The van der Waals surface area contributed by atoms with Crippen molar-refractivity contribution in [3.05, 3.63) is 34.2 Å². The Labute approximate surface area is 172 Å². The molecule has 2 rings (SSSR count). The van der Waals surface area contributed by atoms with E-state index in [2.05, 4.69) is 5.32 Å². The summed E-state index contributed by atoms with van der Waals surface area (Å²) >= 11 is 0. The zero-order valence-corrected chi connectivity index (χ0v) is 18.5. The minimum Gasteiger partial charge on any atom is -0.374 e. The van der Waals surface area contributed by atoms with Crippen LogP contribution < -0.4 is 10.9 Å². The van der Waals surface area contributed by atoms with E-state index in [0.29, 0.717) is 26.0 Å². The number of nitrogens with zero attached hydrogens (tertiary/aromatic N) is 1. The topological polar surface area (TPSA) is 69.6 Å². The molecule has 2 heterocycles. The summed E-state index contributed by atoms with van der Waals surface area (Å²) in [7, 11) is 0. The van der Waals surface area contributed by atoms with E-state index in [0.717, 1.165) is 5.56 Å². The highest BCUT2D eigenvalue weighted by Gasteiger charge is 2.42. The van der Waals surface area contributed by atoms with Gasteiger partial charge in [-0.05, 0) is 52.7 Å². The molecule has 1 saturated heterocycles. The average molecular weight is 411 g/mol. The van der Waals surface area contributed by atoms with Gasteiger partial charge in [0.25, 0.3) is 11.5 Å². The zero-order valence-electron chi connectivity index (χ0n) is 18.5. The van der Waals surface area contributed by atoms with Crippen molar-refractivity contribution in [2.45, 2.75) is 84.3 Å². The van der Waals surface area contributed by atoms with Gasteiger partial charge in [-0.15, -0.1) is 0 Å². The van der Waals surface area contributed by atoms with Crippen molar-refractivity contribution in [1.82, 2.24) is 9.88 Å². The zero-order chi connectivity index (χ0) is 21.8. The van der Waals surface area contributed by atoms with Crippen LogP contribution in [0.3, 0.4) is 0 Å². The standard InChI is InChI=1S/C22H35FN2O4/c1-7-16-17(24-20(27)19(16)23)14-29-22(5,6)13-15-8-9-25(18(26)12-15)10-11-28-21(2,3)4/h8-9,12,16-17,19H,7,10-11,13-14H2,1-6H3,(H,24,27)/t16-,17+,19-/m0/s1. The number of carbonyl (C=O) groups excluding carboxylic acids is 1. The summed E-state index contributed by atoms with van der Waals surface area (Å²) in [5, 5.41) is 2.68. The smallest absolute Gasteiger partial charge is 0.255 e. The lowest BCUT2D eigenvalue weighted by atomic mass is 9.95. The van der Waals surface area contributed by atoms with Crippen molar-refractivity contribution in [2.24, 2.45) is 5.92 Å². The van der Waals surface area contributed by atoms with E-state index in [1.807, 2.05) is 47.6 Å². The first kappa shape index (κ1) is 23.5. The lowest BCUT2D eigenvalue weighted by molar-refractivity contribution is -0.124.